The SMILES string of the molecule is CCCCN(CCCC)C(=N)C(=S)Nc1ccc(C)cc1. The number of aryl methyl sites for hydroxylation is 1. The Morgan fingerprint density at radius 2 is 1.62 bits per heavy atom. The van der Waals surface area contributed by atoms with Gasteiger partial charge in [0.2, 0.25) is 0 Å². The third kappa shape index (κ3) is 6.25. The number of amidine groups is 1. The molecular formula is C17H27N3S. The van der Waals surface area contributed by atoms with Gasteiger partial charge in [-0.05, 0) is 31.9 Å². The monoisotopic (exact) mass is 305 g/mol. The van der Waals surface area contributed by atoms with E-state index in [9.17, 15) is 0 Å². The van der Waals surface area contributed by atoms with Gasteiger partial charge in [-0.1, -0.05) is 56.6 Å². The molecule has 4 heteroatoms. The highest BCUT2D eigenvalue weighted by Crippen LogP contribution is 2.10. The number of thiocarbonyl (C=S) groups is 1. The predicted molar refractivity (Wildman–Crippen MR) is 96.5 cm³/mol. The molecule has 1 aromatic rings. The van der Waals surface area contributed by atoms with Crippen LogP contribution in [0, 0.1) is 12.3 Å². The Bertz CT molecular complexity index is 446. The Kier molecular flexibility index (Phi) is 7.98. The van der Waals surface area contributed by atoms with Crippen molar-refractivity contribution in [3.05, 3.63) is 29.8 Å². The van der Waals surface area contributed by atoms with E-state index in [0.717, 1.165) is 44.5 Å². The third-order valence-electron chi connectivity index (χ3n) is 3.40. The molecule has 21 heavy (non-hydrogen) atoms. The van der Waals surface area contributed by atoms with Crippen LogP contribution in [0.15, 0.2) is 24.3 Å². The number of rotatable bonds is 7. The molecule has 0 fully saturated rings. The molecule has 2 N–H and O–H groups in total. The summed E-state index contributed by atoms with van der Waals surface area (Å²) < 4.78 is 0. The normalized spacial score (nSPS) is 10.2. The zero-order valence-electron chi connectivity index (χ0n) is 13.4. The van der Waals surface area contributed by atoms with Crippen LogP contribution in [0.2, 0.25) is 0 Å². The van der Waals surface area contributed by atoms with Crippen molar-refractivity contribution in [3.8, 4) is 0 Å². The van der Waals surface area contributed by atoms with Gasteiger partial charge in [-0.3, -0.25) is 5.41 Å². The number of anilines is 1. The molecule has 0 bridgehead atoms. The fourth-order valence-corrected chi connectivity index (χ4v) is 2.25. The summed E-state index contributed by atoms with van der Waals surface area (Å²) in [6.45, 7) is 8.21. The molecule has 0 heterocycles. The van der Waals surface area contributed by atoms with Crippen molar-refractivity contribution in [2.24, 2.45) is 0 Å². The second kappa shape index (κ2) is 9.50. The van der Waals surface area contributed by atoms with Crippen molar-refractivity contribution in [3.63, 3.8) is 0 Å². The van der Waals surface area contributed by atoms with E-state index in [-0.39, 0.29) is 0 Å². The molecule has 1 aromatic carbocycles. The fraction of sp³-hybridized carbons (Fsp3) is 0.529. The van der Waals surface area contributed by atoms with Crippen molar-refractivity contribution in [1.29, 1.82) is 5.41 Å². The first-order valence-corrected chi connectivity index (χ1v) is 8.20. The lowest BCUT2D eigenvalue weighted by Gasteiger charge is -2.25. The lowest BCUT2D eigenvalue weighted by Crippen LogP contribution is -2.39. The maximum Gasteiger partial charge on any atom is 0.156 e. The Morgan fingerprint density at radius 3 is 2.10 bits per heavy atom. The number of nitrogens with one attached hydrogen (secondary N) is 2. The van der Waals surface area contributed by atoms with Crippen LogP contribution in [-0.4, -0.2) is 28.8 Å². The van der Waals surface area contributed by atoms with Crippen LogP contribution in [0.1, 0.15) is 45.1 Å². The minimum Gasteiger partial charge on any atom is -0.355 e. The predicted octanol–water partition coefficient (Wildman–Crippen LogP) is 4.61. The van der Waals surface area contributed by atoms with E-state index < -0.39 is 0 Å². The number of unbranched alkanes of at least 4 members (excludes halogenated alkanes) is 2. The maximum atomic E-state index is 8.32. The van der Waals surface area contributed by atoms with E-state index in [0.29, 0.717) is 10.8 Å². The van der Waals surface area contributed by atoms with Gasteiger partial charge in [0.25, 0.3) is 0 Å². The van der Waals surface area contributed by atoms with Crippen molar-refractivity contribution in [2.45, 2.75) is 46.5 Å². The highest BCUT2D eigenvalue weighted by Gasteiger charge is 2.13. The Morgan fingerprint density at radius 1 is 1.10 bits per heavy atom. The van der Waals surface area contributed by atoms with Crippen LogP contribution < -0.4 is 5.32 Å². The van der Waals surface area contributed by atoms with Gasteiger partial charge in [-0.2, -0.15) is 0 Å². The molecule has 0 aromatic heterocycles. The van der Waals surface area contributed by atoms with Gasteiger partial charge in [-0.15, -0.1) is 0 Å². The van der Waals surface area contributed by atoms with Gasteiger partial charge in [0.1, 0.15) is 4.99 Å². The quantitative estimate of drug-likeness (QED) is 0.439. The summed E-state index contributed by atoms with van der Waals surface area (Å²) in [5.41, 5.74) is 2.16. The Labute approximate surface area is 134 Å². The highest BCUT2D eigenvalue weighted by atomic mass is 32.1. The standard InChI is InChI=1S/C17H27N3S/c1-4-6-12-20(13-7-5-2)16(18)17(21)19-15-10-8-14(3)9-11-15/h8-11,18H,4-7,12-13H2,1-3H3,(H,19,21). The number of hydrogen-bond acceptors (Lipinski definition) is 2. The molecule has 0 spiro atoms. The van der Waals surface area contributed by atoms with E-state index in [4.69, 9.17) is 17.6 Å². The molecule has 0 aliphatic heterocycles. The van der Waals surface area contributed by atoms with E-state index in [1.165, 1.54) is 5.56 Å². The molecule has 3 nitrogen and oxygen atoms in total. The molecule has 0 radical (unpaired) electrons. The highest BCUT2D eigenvalue weighted by molar-refractivity contribution is 7.82. The van der Waals surface area contributed by atoms with Crippen molar-refractivity contribution in [2.75, 3.05) is 18.4 Å². The van der Waals surface area contributed by atoms with Gasteiger partial charge in [0.15, 0.2) is 5.84 Å². The summed E-state index contributed by atoms with van der Waals surface area (Å²) in [5, 5.41) is 11.5. The number of benzene rings is 1. The van der Waals surface area contributed by atoms with Crippen LogP contribution in [0.5, 0.6) is 0 Å². The van der Waals surface area contributed by atoms with Gasteiger partial charge in [-0.25, -0.2) is 0 Å². The van der Waals surface area contributed by atoms with Crippen LogP contribution in [0.4, 0.5) is 5.69 Å². The Balaban J connectivity index is 2.63. The van der Waals surface area contributed by atoms with Crippen LogP contribution in [0.25, 0.3) is 0 Å². The van der Waals surface area contributed by atoms with E-state index in [1.54, 1.807) is 0 Å². The number of hydrogen-bond donors (Lipinski definition) is 2. The first-order valence-electron chi connectivity index (χ1n) is 7.80. The molecule has 116 valence electrons. The van der Waals surface area contributed by atoms with Gasteiger partial charge < -0.3 is 10.2 Å². The zero-order valence-corrected chi connectivity index (χ0v) is 14.2. The van der Waals surface area contributed by atoms with Crippen LogP contribution >= 0.6 is 12.2 Å². The molecule has 0 saturated heterocycles. The van der Waals surface area contributed by atoms with Crippen LogP contribution in [0.3, 0.4) is 0 Å². The summed E-state index contributed by atoms with van der Waals surface area (Å²) in [4.78, 5) is 2.60. The molecule has 0 aliphatic rings. The second-order valence-electron chi connectivity index (χ2n) is 5.36. The molecule has 0 aliphatic carbocycles. The smallest absolute Gasteiger partial charge is 0.156 e. The lowest BCUT2D eigenvalue weighted by molar-refractivity contribution is 0.401. The molecule has 0 saturated carbocycles. The van der Waals surface area contributed by atoms with Gasteiger partial charge in [0.05, 0.1) is 0 Å². The molecule has 1 rings (SSSR count). The summed E-state index contributed by atoms with van der Waals surface area (Å²) >= 11 is 5.39. The summed E-state index contributed by atoms with van der Waals surface area (Å²) in [6.07, 6.45) is 4.46. The minimum absolute atomic E-state index is 0.437. The number of nitrogens with zero attached hydrogens (tertiary/aromatic N) is 1. The first kappa shape index (κ1) is 17.6. The van der Waals surface area contributed by atoms with Gasteiger partial charge in [0, 0.05) is 18.8 Å². The maximum absolute atomic E-state index is 8.32. The van der Waals surface area contributed by atoms with Crippen molar-refractivity contribution in [1.82, 2.24) is 4.90 Å². The largest absolute Gasteiger partial charge is 0.355 e. The van der Waals surface area contributed by atoms with Crippen molar-refractivity contribution < 1.29 is 0 Å². The Hall–Kier alpha value is -1.42. The molecular weight excluding hydrogens is 278 g/mol. The second-order valence-corrected chi connectivity index (χ2v) is 5.77. The zero-order chi connectivity index (χ0) is 15.7. The van der Waals surface area contributed by atoms with E-state index in [2.05, 4.69) is 31.0 Å². The lowest BCUT2D eigenvalue weighted by atomic mass is 10.2. The van der Waals surface area contributed by atoms with Crippen molar-refractivity contribution >= 4 is 28.7 Å². The van der Waals surface area contributed by atoms with E-state index >= 15 is 0 Å². The molecule has 0 unspecified atom stereocenters. The average Bonchev–Trinajstić information content (AvgIpc) is 2.49. The molecule has 0 atom stereocenters. The summed E-state index contributed by atoms with van der Waals surface area (Å²) in [7, 11) is 0. The van der Waals surface area contributed by atoms with E-state index in [1.807, 2.05) is 24.3 Å². The van der Waals surface area contributed by atoms with Gasteiger partial charge >= 0.3 is 0 Å². The minimum atomic E-state index is 0.437. The summed E-state index contributed by atoms with van der Waals surface area (Å²) in [6, 6.07) is 8.08. The summed E-state index contributed by atoms with van der Waals surface area (Å²) in [5.74, 6) is 0.437. The first-order chi connectivity index (χ1) is 10.1. The topological polar surface area (TPSA) is 39.1 Å². The average molecular weight is 305 g/mol. The molecule has 0 amide bonds. The third-order valence-corrected chi connectivity index (χ3v) is 3.70. The fourth-order valence-electron chi connectivity index (χ4n) is 2.00. The van der Waals surface area contributed by atoms with Crippen LogP contribution in [-0.2, 0) is 0 Å².